The Hall–Kier alpha value is -0.780. The molecule has 0 bridgehead atoms. The molecular formula is C31H50. The first-order chi connectivity index (χ1) is 15.2. The molecule has 0 unspecified atom stereocenters. The monoisotopic (exact) mass is 422 g/mol. The number of unbranched alkanes of at least 4 members (excludes halogenated alkanes) is 1. The van der Waals surface area contributed by atoms with Crippen molar-refractivity contribution in [2.24, 2.45) is 17.3 Å². The molecule has 0 saturated heterocycles. The normalized spacial score (nSPS) is 31.4. The van der Waals surface area contributed by atoms with Gasteiger partial charge in [0.1, 0.15) is 0 Å². The van der Waals surface area contributed by atoms with E-state index in [1.807, 2.05) is 0 Å². The molecule has 0 aromatic heterocycles. The van der Waals surface area contributed by atoms with E-state index in [-0.39, 0.29) is 0 Å². The quantitative estimate of drug-likeness (QED) is 0.391. The van der Waals surface area contributed by atoms with Gasteiger partial charge in [-0.1, -0.05) is 83.1 Å². The predicted octanol–water partition coefficient (Wildman–Crippen LogP) is 10.2. The maximum Gasteiger partial charge on any atom is -0.0162 e. The van der Waals surface area contributed by atoms with Crippen LogP contribution in [0.2, 0.25) is 0 Å². The molecule has 174 valence electrons. The van der Waals surface area contributed by atoms with Crippen LogP contribution in [0.3, 0.4) is 0 Å². The maximum atomic E-state index is 2.52. The number of benzene rings is 1. The van der Waals surface area contributed by atoms with Gasteiger partial charge in [-0.05, 0) is 111 Å². The van der Waals surface area contributed by atoms with Crippen LogP contribution in [0, 0.1) is 17.3 Å². The van der Waals surface area contributed by atoms with E-state index in [0.717, 1.165) is 29.1 Å². The van der Waals surface area contributed by atoms with Crippen LogP contribution in [-0.4, -0.2) is 0 Å². The van der Waals surface area contributed by atoms with Gasteiger partial charge in [0.05, 0.1) is 0 Å². The molecule has 0 atom stereocenters. The molecule has 3 aliphatic rings. The molecule has 0 spiro atoms. The molecule has 3 aliphatic carbocycles. The highest BCUT2D eigenvalue weighted by Crippen LogP contribution is 2.53. The molecule has 3 fully saturated rings. The third kappa shape index (κ3) is 5.78. The van der Waals surface area contributed by atoms with Gasteiger partial charge in [0, 0.05) is 0 Å². The summed E-state index contributed by atoms with van der Waals surface area (Å²) in [7, 11) is 0. The van der Waals surface area contributed by atoms with Crippen molar-refractivity contribution in [3.8, 4) is 0 Å². The SMILES string of the molecule is CCCCC1CCC(c2ccc(C3CCC(C4(CCC)CCCCC4)CC3)cc2)CC1. The first kappa shape index (κ1) is 23.4. The van der Waals surface area contributed by atoms with E-state index >= 15 is 0 Å². The smallest absolute Gasteiger partial charge is 0.0162 e. The summed E-state index contributed by atoms with van der Waals surface area (Å²) in [6.45, 7) is 4.75. The number of hydrogen-bond donors (Lipinski definition) is 0. The summed E-state index contributed by atoms with van der Waals surface area (Å²) in [5.74, 6) is 3.71. The van der Waals surface area contributed by atoms with E-state index in [0.29, 0.717) is 0 Å². The van der Waals surface area contributed by atoms with Gasteiger partial charge in [0.2, 0.25) is 0 Å². The van der Waals surface area contributed by atoms with E-state index in [1.54, 1.807) is 11.1 Å². The molecule has 0 heteroatoms. The number of hydrogen-bond acceptors (Lipinski definition) is 0. The highest BCUT2D eigenvalue weighted by Gasteiger charge is 2.40. The van der Waals surface area contributed by atoms with Gasteiger partial charge in [0.15, 0.2) is 0 Å². The predicted molar refractivity (Wildman–Crippen MR) is 136 cm³/mol. The molecule has 0 radical (unpaired) electrons. The fraction of sp³-hybridized carbons (Fsp3) is 0.806. The average molecular weight is 423 g/mol. The maximum absolute atomic E-state index is 2.52. The Morgan fingerprint density at radius 3 is 1.74 bits per heavy atom. The van der Waals surface area contributed by atoms with Crippen LogP contribution in [0.1, 0.15) is 152 Å². The summed E-state index contributed by atoms with van der Waals surface area (Å²) in [6.07, 6.45) is 26.4. The Kier molecular flexibility index (Phi) is 8.58. The third-order valence-electron chi connectivity index (χ3n) is 9.88. The second-order valence-corrected chi connectivity index (χ2v) is 11.7. The molecule has 0 aliphatic heterocycles. The summed E-state index contributed by atoms with van der Waals surface area (Å²) in [4.78, 5) is 0. The van der Waals surface area contributed by atoms with E-state index in [2.05, 4.69) is 38.1 Å². The van der Waals surface area contributed by atoms with Crippen molar-refractivity contribution in [1.29, 1.82) is 0 Å². The summed E-state index contributed by atoms with van der Waals surface area (Å²) in [5.41, 5.74) is 4.00. The summed E-state index contributed by atoms with van der Waals surface area (Å²) in [6, 6.07) is 10.1. The second-order valence-electron chi connectivity index (χ2n) is 11.7. The Bertz CT molecular complexity index is 613. The van der Waals surface area contributed by atoms with Gasteiger partial charge in [-0.2, -0.15) is 0 Å². The second kappa shape index (κ2) is 11.4. The molecule has 1 aromatic carbocycles. The van der Waals surface area contributed by atoms with Crippen molar-refractivity contribution in [2.75, 3.05) is 0 Å². The minimum absolute atomic E-state index is 0.720. The van der Waals surface area contributed by atoms with Crippen LogP contribution >= 0.6 is 0 Å². The van der Waals surface area contributed by atoms with Crippen LogP contribution in [0.4, 0.5) is 0 Å². The molecular weight excluding hydrogens is 372 g/mol. The van der Waals surface area contributed by atoms with Gasteiger partial charge < -0.3 is 0 Å². The first-order valence-electron chi connectivity index (χ1n) is 14.3. The Morgan fingerprint density at radius 2 is 1.23 bits per heavy atom. The average Bonchev–Trinajstić information content (AvgIpc) is 2.84. The Morgan fingerprint density at radius 1 is 0.677 bits per heavy atom. The number of rotatable bonds is 8. The molecule has 3 saturated carbocycles. The fourth-order valence-electron chi connectivity index (χ4n) is 7.97. The van der Waals surface area contributed by atoms with Gasteiger partial charge in [-0.15, -0.1) is 0 Å². The van der Waals surface area contributed by atoms with Crippen LogP contribution in [0.25, 0.3) is 0 Å². The third-order valence-corrected chi connectivity index (χ3v) is 9.88. The van der Waals surface area contributed by atoms with Crippen LogP contribution in [0.5, 0.6) is 0 Å². The molecule has 1 aromatic rings. The lowest BCUT2D eigenvalue weighted by atomic mass is 9.58. The van der Waals surface area contributed by atoms with E-state index < -0.39 is 0 Å². The lowest BCUT2D eigenvalue weighted by molar-refractivity contribution is 0.0527. The van der Waals surface area contributed by atoms with E-state index in [9.17, 15) is 0 Å². The summed E-state index contributed by atoms with van der Waals surface area (Å²) in [5, 5.41) is 0. The Balaban J connectivity index is 1.29. The van der Waals surface area contributed by atoms with Crippen molar-refractivity contribution in [3.63, 3.8) is 0 Å². The van der Waals surface area contributed by atoms with Gasteiger partial charge in [-0.25, -0.2) is 0 Å². The fourth-order valence-corrected chi connectivity index (χ4v) is 7.97. The van der Waals surface area contributed by atoms with Crippen LogP contribution in [-0.2, 0) is 0 Å². The standard InChI is InChI=1S/C31H50/c1-3-5-9-25-10-12-26(13-11-25)27-14-16-28(17-15-27)29-18-20-30(21-19-29)31(22-4-2)23-7-6-8-24-31/h14-17,25-26,29-30H,3-13,18-24H2,1-2H3. The summed E-state index contributed by atoms with van der Waals surface area (Å²) >= 11 is 0. The summed E-state index contributed by atoms with van der Waals surface area (Å²) < 4.78 is 0. The van der Waals surface area contributed by atoms with Crippen molar-refractivity contribution >= 4 is 0 Å². The topological polar surface area (TPSA) is 0 Å². The zero-order valence-electron chi connectivity index (χ0n) is 20.8. The van der Waals surface area contributed by atoms with Gasteiger partial charge in [0.25, 0.3) is 0 Å². The minimum Gasteiger partial charge on any atom is -0.0654 e. The van der Waals surface area contributed by atoms with Gasteiger partial charge >= 0.3 is 0 Å². The van der Waals surface area contributed by atoms with E-state index in [1.165, 1.54) is 116 Å². The lowest BCUT2D eigenvalue weighted by Crippen LogP contribution is -2.35. The molecule has 0 amide bonds. The first-order valence-corrected chi connectivity index (χ1v) is 14.3. The molecule has 4 rings (SSSR count). The highest BCUT2D eigenvalue weighted by molar-refractivity contribution is 5.28. The van der Waals surface area contributed by atoms with Crippen molar-refractivity contribution in [2.45, 2.75) is 141 Å². The molecule has 0 N–H and O–H groups in total. The van der Waals surface area contributed by atoms with Crippen molar-refractivity contribution < 1.29 is 0 Å². The zero-order valence-corrected chi connectivity index (χ0v) is 20.8. The molecule has 31 heavy (non-hydrogen) atoms. The zero-order chi connectivity index (χ0) is 21.5. The highest BCUT2D eigenvalue weighted by atomic mass is 14.5. The Labute approximate surface area is 194 Å². The van der Waals surface area contributed by atoms with Crippen molar-refractivity contribution in [1.82, 2.24) is 0 Å². The van der Waals surface area contributed by atoms with E-state index in [4.69, 9.17) is 0 Å². The van der Waals surface area contributed by atoms with Crippen LogP contribution < -0.4 is 0 Å². The largest absolute Gasteiger partial charge is 0.0654 e. The van der Waals surface area contributed by atoms with Crippen molar-refractivity contribution in [3.05, 3.63) is 35.4 Å². The molecule has 0 heterocycles. The van der Waals surface area contributed by atoms with Gasteiger partial charge in [-0.3, -0.25) is 0 Å². The molecule has 0 nitrogen and oxygen atoms in total. The lowest BCUT2D eigenvalue weighted by Gasteiger charge is -2.47. The van der Waals surface area contributed by atoms with Crippen LogP contribution in [0.15, 0.2) is 24.3 Å². The minimum atomic E-state index is 0.720.